The van der Waals surface area contributed by atoms with Crippen LogP contribution in [0.3, 0.4) is 0 Å². The van der Waals surface area contributed by atoms with Crippen molar-refractivity contribution in [3.8, 4) is 11.8 Å². The Bertz CT molecular complexity index is 597. The van der Waals surface area contributed by atoms with Crippen molar-refractivity contribution >= 4 is 11.0 Å². The molecule has 0 saturated carbocycles. The highest BCUT2D eigenvalue weighted by atomic mass is 16.5. The van der Waals surface area contributed by atoms with E-state index in [1.807, 2.05) is 31.2 Å². The molecule has 3 rings (SSSR count). The number of ether oxygens (including phenoxy) is 2. The van der Waals surface area contributed by atoms with Crippen molar-refractivity contribution in [2.45, 2.75) is 19.8 Å². The summed E-state index contributed by atoms with van der Waals surface area (Å²) in [5, 5.41) is 3.39. The first-order valence-electron chi connectivity index (χ1n) is 7.60. The van der Waals surface area contributed by atoms with Crippen LogP contribution in [0.1, 0.15) is 19.8 Å². The van der Waals surface area contributed by atoms with E-state index in [1.54, 1.807) is 0 Å². The quantitative estimate of drug-likeness (QED) is 0.915. The number of aromatic nitrogens is 2. The van der Waals surface area contributed by atoms with Gasteiger partial charge in [-0.1, -0.05) is 12.1 Å². The summed E-state index contributed by atoms with van der Waals surface area (Å²) in [6, 6.07) is 7.76. The average Bonchev–Trinajstić information content (AvgIpc) is 2.54. The van der Waals surface area contributed by atoms with Crippen molar-refractivity contribution in [3.05, 3.63) is 24.3 Å². The lowest BCUT2D eigenvalue weighted by Crippen LogP contribution is -2.33. The molecule has 112 valence electrons. The van der Waals surface area contributed by atoms with E-state index in [1.165, 1.54) is 12.8 Å². The summed E-state index contributed by atoms with van der Waals surface area (Å²) in [6.45, 7) is 5.25. The molecule has 1 saturated heterocycles. The first-order chi connectivity index (χ1) is 10.4. The summed E-state index contributed by atoms with van der Waals surface area (Å²) in [6.07, 6.45) is 2.40. The van der Waals surface area contributed by atoms with Crippen LogP contribution in [0.2, 0.25) is 0 Å². The number of nitrogens with zero attached hydrogens (tertiary/aromatic N) is 2. The highest BCUT2D eigenvalue weighted by molar-refractivity contribution is 5.75. The number of para-hydroxylation sites is 2. The molecule has 0 bridgehead atoms. The number of rotatable bonds is 5. The van der Waals surface area contributed by atoms with Gasteiger partial charge in [0, 0.05) is 12.5 Å². The Kier molecular flexibility index (Phi) is 4.50. The van der Waals surface area contributed by atoms with Crippen LogP contribution >= 0.6 is 0 Å². The third kappa shape index (κ3) is 3.42. The van der Waals surface area contributed by atoms with E-state index in [4.69, 9.17) is 9.47 Å². The van der Waals surface area contributed by atoms with Gasteiger partial charge in [-0.3, -0.25) is 0 Å². The van der Waals surface area contributed by atoms with Gasteiger partial charge in [-0.2, -0.15) is 0 Å². The fraction of sp³-hybridized carbons (Fsp3) is 0.500. The Morgan fingerprint density at radius 2 is 1.86 bits per heavy atom. The molecule has 5 heteroatoms. The zero-order valence-corrected chi connectivity index (χ0v) is 12.3. The van der Waals surface area contributed by atoms with Crippen LogP contribution < -0.4 is 14.8 Å². The molecule has 5 nitrogen and oxygen atoms in total. The molecule has 1 aromatic carbocycles. The van der Waals surface area contributed by atoms with Crippen LogP contribution in [0.15, 0.2) is 24.3 Å². The van der Waals surface area contributed by atoms with E-state index in [2.05, 4.69) is 15.3 Å². The number of nitrogens with one attached hydrogen (secondary N) is 1. The number of hydrogen-bond acceptors (Lipinski definition) is 5. The van der Waals surface area contributed by atoms with Gasteiger partial charge < -0.3 is 14.8 Å². The van der Waals surface area contributed by atoms with Gasteiger partial charge in [0.15, 0.2) is 0 Å². The average molecular weight is 287 g/mol. The SMILES string of the molecule is CCOc1nc2ccccc2nc1OC[C@@H]1CCCNC1. The zero-order chi connectivity index (χ0) is 14.5. The molecule has 2 aromatic rings. The van der Waals surface area contributed by atoms with Gasteiger partial charge in [0.1, 0.15) is 0 Å². The summed E-state index contributed by atoms with van der Waals surface area (Å²) in [7, 11) is 0. The molecule has 0 amide bonds. The fourth-order valence-electron chi connectivity index (χ4n) is 2.56. The monoisotopic (exact) mass is 287 g/mol. The number of piperidine rings is 1. The van der Waals surface area contributed by atoms with Crippen molar-refractivity contribution < 1.29 is 9.47 Å². The van der Waals surface area contributed by atoms with E-state index < -0.39 is 0 Å². The topological polar surface area (TPSA) is 56.3 Å². The molecule has 0 radical (unpaired) electrons. The third-order valence-corrected chi connectivity index (χ3v) is 3.64. The molecule has 2 heterocycles. The van der Waals surface area contributed by atoms with Gasteiger partial charge in [0.2, 0.25) is 0 Å². The van der Waals surface area contributed by atoms with Crippen LogP contribution in [0.4, 0.5) is 0 Å². The van der Waals surface area contributed by atoms with Crippen LogP contribution in [0.25, 0.3) is 11.0 Å². The summed E-state index contributed by atoms with van der Waals surface area (Å²) in [5.74, 6) is 1.52. The predicted molar refractivity (Wildman–Crippen MR) is 81.8 cm³/mol. The van der Waals surface area contributed by atoms with Gasteiger partial charge in [0.05, 0.1) is 24.2 Å². The minimum absolute atomic E-state index is 0.486. The number of fused-ring (bicyclic) bond motifs is 1. The highest BCUT2D eigenvalue weighted by Crippen LogP contribution is 2.26. The molecule has 1 fully saturated rings. The molecular weight excluding hydrogens is 266 g/mol. The normalized spacial score (nSPS) is 18.6. The lowest BCUT2D eigenvalue weighted by atomic mass is 10.0. The van der Waals surface area contributed by atoms with Gasteiger partial charge in [0.25, 0.3) is 11.8 Å². The standard InChI is InChI=1S/C16H21N3O2/c1-2-20-15-16(21-11-12-6-5-9-17-10-12)19-14-8-4-3-7-13(14)18-15/h3-4,7-8,12,17H,2,5-6,9-11H2,1H3/t12-/m1/s1. The molecule has 21 heavy (non-hydrogen) atoms. The van der Waals surface area contributed by atoms with Crippen LogP contribution in [0, 0.1) is 5.92 Å². The molecule has 0 aliphatic carbocycles. The summed E-state index contributed by atoms with van der Waals surface area (Å²) in [4.78, 5) is 9.05. The molecular formula is C16H21N3O2. The molecule has 0 unspecified atom stereocenters. The molecule has 1 aliphatic heterocycles. The van der Waals surface area contributed by atoms with Crippen molar-refractivity contribution in [1.29, 1.82) is 0 Å². The third-order valence-electron chi connectivity index (χ3n) is 3.64. The minimum Gasteiger partial charge on any atom is -0.474 e. The maximum absolute atomic E-state index is 5.90. The first-order valence-corrected chi connectivity index (χ1v) is 7.60. The van der Waals surface area contributed by atoms with Crippen LogP contribution in [-0.4, -0.2) is 36.3 Å². The Labute approximate surface area is 124 Å². The van der Waals surface area contributed by atoms with Crippen LogP contribution in [0.5, 0.6) is 11.8 Å². The second-order valence-corrected chi connectivity index (χ2v) is 5.28. The molecule has 0 spiro atoms. The van der Waals surface area contributed by atoms with Crippen LogP contribution in [-0.2, 0) is 0 Å². The lowest BCUT2D eigenvalue weighted by molar-refractivity contribution is 0.199. The molecule has 1 aromatic heterocycles. The predicted octanol–water partition coefficient (Wildman–Crippen LogP) is 2.41. The molecule has 1 atom stereocenters. The van der Waals surface area contributed by atoms with Gasteiger partial charge in [-0.15, -0.1) is 0 Å². The largest absolute Gasteiger partial charge is 0.474 e. The molecule has 1 N–H and O–H groups in total. The number of hydrogen-bond donors (Lipinski definition) is 1. The molecule has 1 aliphatic rings. The van der Waals surface area contributed by atoms with Crippen molar-refractivity contribution in [1.82, 2.24) is 15.3 Å². The number of benzene rings is 1. The minimum atomic E-state index is 0.486. The summed E-state index contributed by atoms with van der Waals surface area (Å²) < 4.78 is 11.5. The Hall–Kier alpha value is -1.88. The maximum atomic E-state index is 5.90. The van der Waals surface area contributed by atoms with Gasteiger partial charge in [-0.05, 0) is 38.4 Å². The van der Waals surface area contributed by atoms with Gasteiger partial charge >= 0.3 is 0 Å². The highest BCUT2D eigenvalue weighted by Gasteiger charge is 2.17. The maximum Gasteiger partial charge on any atom is 0.278 e. The second-order valence-electron chi connectivity index (χ2n) is 5.28. The van der Waals surface area contributed by atoms with E-state index in [9.17, 15) is 0 Å². The lowest BCUT2D eigenvalue weighted by Gasteiger charge is -2.22. The van der Waals surface area contributed by atoms with E-state index >= 15 is 0 Å². The smallest absolute Gasteiger partial charge is 0.278 e. The zero-order valence-electron chi connectivity index (χ0n) is 12.3. The van der Waals surface area contributed by atoms with E-state index in [0.29, 0.717) is 30.9 Å². The van der Waals surface area contributed by atoms with Crippen molar-refractivity contribution in [2.24, 2.45) is 5.92 Å². The Morgan fingerprint density at radius 1 is 1.14 bits per heavy atom. The second kappa shape index (κ2) is 6.72. The summed E-state index contributed by atoms with van der Waals surface area (Å²) in [5.41, 5.74) is 1.66. The van der Waals surface area contributed by atoms with Crippen molar-refractivity contribution in [2.75, 3.05) is 26.3 Å². The van der Waals surface area contributed by atoms with E-state index in [-0.39, 0.29) is 0 Å². The summed E-state index contributed by atoms with van der Waals surface area (Å²) >= 11 is 0. The van der Waals surface area contributed by atoms with Gasteiger partial charge in [-0.25, -0.2) is 9.97 Å². The van der Waals surface area contributed by atoms with Crippen molar-refractivity contribution in [3.63, 3.8) is 0 Å². The Balaban J connectivity index is 1.79. The first kappa shape index (κ1) is 14.1. The van der Waals surface area contributed by atoms with E-state index in [0.717, 1.165) is 24.1 Å². The fourth-order valence-corrected chi connectivity index (χ4v) is 2.56. The Morgan fingerprint density at radius 3 is 2.48 bits per heavy atom.